The van der Waals surface area contributed by atoms with Gasteiger partial charge in [-0.05, 0) is 32.2 Å². The molecule has 1 aromatic heterocycles. The molecule has 2 N–H and O–H groups in total. The highest BCUT2D eigenvalue weighted by molar-refractivity contribution is 5.31. The molecule has 2 atom stereocenters. The minimum absolute atomic E-state index is 0.124. The first-order valence-corrected chi connectivity index (χ1v) is 6.37. The zero-order valence-electron chi connectivity index (χ0n) is 9.85. The summed E-state index contributed by atoms with van der Waals surface area (Å²) in [6.45, 7) is 2.40. The van der Waals surface area contributed by atoms with Crippen LogP contribution in [0.1, 0.15) is 25.7 Å². The van der Waals surface area contributed by atoms with Gasteiger partial charge in [0.05, 0.1) is 0 Å². The summed E-state index contributed by atoms with van der Waals surface area (Å²) in [5, 5.41) is 3.28. The van der Waals surface area contributed by atoms with Crippen molar-refractivity contribution in [3.8, 4) is 0 Å². The maximum atomic E-state index is 11.5. The lowest BCUT2D eigenvalue weighted by atomic mass is 9.98. The quantitative estimate of drug-likeness (QED) is 0.795. The maximum Gasteiger partial charge on any atom is 0.290 e. The minimum Gasteiger partial charge on any atom is -0.363 e. The van der Waals surface area contributed by atoms with E-state index in [2.05, 4.69) is 20.2 Å². The van der Waals surface area contributed by atoms with Gasteiger partial charge in [0.25, 0.3) is 5.56 Å². The number of hydrogen-bond donors (Lipinski definition) is 2. The van der Waals surface area contributed by atoms with Gasteiger partial charge in [0.15, 0.2) is 5.82 Å². The van der Waals surface area contributed by atoms with Crippen molar-refractivity contribution in [3.05, 3.63) is 22.7 Å². The van der Waals surface area contributed by atoms with Crippen molar-refractivity contribution in [2.24, 2.45) is 0 Å². The van der Waals surface area contributed by atoms with Crippen molar-refractivity contribution in [1.29, 1.82) is 0 Å². The summed E-state index contributed by atoms with van der Waals surface area (Å²) in [6.07, 6.45) is 8.04. The Balaban J connectivity index is 1.66. The summed E-state index contributed by atoms with van der Waals surface area (Å²) in [5.74, 6) is 0.462. The Morgan fingerprint density at radius 1 is 1.41 bits per heavy atom. The van der Waals surface area contributed by atoms with Crippen LogP contribution in [0.3, 0.4) is 0 Å². The van der Waals surface area contributed by atoms with Gasteiger partial charge in [0.1, 0.15) is 0 Å². The van der Waals surface area contributed by atoms with Crippen molar-refractivity contribution in [2.45, 2.75) is 37.8 Å². The Hall–Kier alpha value is -1.36. The van der Waals surface area contributed by atoms with Crippen molar-refractivity contribution >= 4 is 5.82 Å². The number of piperidine rings is 1. The Morgan fingerprint density at radius 2 is 2.35 bits per heavy atom. The summed E-state index contributed by atoms with van der Waals surface area (Å²) in [7, 11) is 0. The van der Waals surface area contributed by atoms with Gasteiger partial charge in [-0.3, -0.25) is 4.79 Å². The monoisotopic (exact) mass is 234 g/mol. The summed E-state index contributed by atoms with van der Waals surface area (Å²) < 4.78 is 0. The maximum absolute atomic E-state index is 11.5. The van der Waals surface area contributed by atoms with E-state index in [1.807, 2.05) is 0 Å². The van der Waals surface area contributed by atoms with E-state index in [-0.39, 0.29) is 5.56 Å². The van der Waals surface area contributed by atoms with Gasteiger partial charge >= 0.3 is 0 Å². The van der Waals surface area contributed by atoms with E-state index in [1.165, 1.54) is 19.4 Å². The molecule has 3 heterocycles. The molecule has 0 spiro atoms. The predicted molar refractivity (Wildman–Crippen MR) is 66.1 cm³/mol. The van der Waals surface area contributed by atoms with Gasteiger partial charge in [0, 0.05) is 31.0 Å². The lowest BCUT2D eigenvalue weighted by Crippen LogP contribution is -2.43. The lowest BCUT2D eigenvalue weighted by molar-refractivity contribution is 0.188. The normalized spacial score (nSPS) is 28.9. The zero-order chi connectivity index (χ0) is 11.7. The molecule has 2 unspecified atom stereocenters. The molecule has 2 aliphatic heterocycles. The zero-order valence-corrected chi connectivity index (χ0v) is 9.85. The molecular formula is C12H18N4O. The third kappa shape index (κ3) is 2.20. The smallest absolute Gasteiger partial charge is 0.290 e. The van der Waals surface area contributed by atoms with Gasteiger partial charge in [0.2, 0.25) is 0 Å². The van der Waals surface area contributed by atoms with Gasteiger partial charge in [-0.2, -0.15) is 0 Å². The fraction of sp³-hybridized carbons (Fsp3) is 0.667. The highest BCUT2D eigenvalue weighted by atomic mass is 16.1. The molecule has 0 aromatic carbocycles. The lowest BCUT2D eigenvalue weighted by Gasteiger charge is -2.35. The van der Waals surface area contributed by atoms with Crippen LogP contribution in [-0.2, 0) is 0 Å². The second-order valence-corrected chi connectivity index (χ2v) is 4.96. The van der Waals surface area contributed by atoms with E-state index in [1.54, 1.807) is 12.4 Å². The van der Waals surface area contributed by atoms with Crippen LogP contribution in [0, 0.1) is 0 Å². The molecule has 2 fully saturated rings. The van der Waals surface area contributed by atoms with Crippen LogP contribution in [0.15, 0.2) is 17.2 Å². The summed E-state index contributed by atoms with van der Waals surface area (Å²) in [6, 6.07) is 1.11. The Labute approximate surface area is 100 Å². The SMILES string of the molecule is O=c1[nH]ccnc1NC1CCN2CCCC2C1. The summed E-state index contributed by atoms with van der Waals surface area (Å²) in [5.41, 5.74) is -0.124. The predicted octanol–water partition coefficient (Wildman–Crippen LogP) is 0.809. The molecule has 2 aliphatic rings. The van der Waals surface area contributed by atoms with Crippen molar-refractivity contribution in [2.75, 3.05) is 18.4 Å². The van der Waals surface area contributed by atoms with E-state index < -0.39 is 0 Å². The number of fused-ring (bicyclic) bond motifs is 1. The van der Waals surface area contributed by atoms with Crippen molar-refractivity contribution in [3.63, 3.8) is 0 Å². The number of hydrogen-bond acceptors (Lipinski definition) is 4. The molecule has 0 radical (unpaired) electrons. The summed E-state index contributed by atoms with van der Waals surface area (Å²) in [4.78, 5) is 20.8. The van der Waals surface area contributed by atoms with Crippen LogP contribution in [0.25, 0.3) is 0 Å². The second-order valence-electron chi connectivity index (χ2n) is 4.96. The number of anilines is 1. The molecule has 0 bridgehead atoms. The van der Waals surface area contributed by atoms with Gasteiger partial charge < -0.3 is 15.2 Å². The molecule has 2 saturated heterocycles. The van der Waals surface area contributed by atoms with E-state index in [0.717, 1.165) is 19.4 Å². The Bertz CT molecular complexity index is 444. The van der Waals surface area contributed by atoms with E-state index >= 15 is 0 Å². The van der Waals surface area contributed by atoms with Gasteiger partial charge in [-0.15, -0.1) is 0 Å². The second kappa shape index (κ2) is 4.49. The largest absolute Gasteiger partial charge is 0.363 e. The number of H-pyrrole nitrogens is 1. The van der Waals surface area contributed by atoms with Crippen molar-refractivity contribution in [1.82, 2.24) is 14.9 Å². The summed E-state index contributed by atoms with van der Waals surface area (Å²) >= 11 is 0. The number of aromatic amines is 1. The fourth-order valence-electron chi connectivity index (χ4n) is 3.00. The third-order valence-electron chi connectivity index (χ3n) is 3.87. The van der Waals surface area contributed by atoms with Gasteiger partial charge in [-0.25, -0.2) is 4.98 Å². The molecule has 0 saturated carbocycles. The fourth-order valence-corrected chi connectivity index (χ4v) is 3.00. The van der Waals surface area contributed by atoms with E-state index in [4.69, 9.17) is 0 Å². The molecule has 3 rings (SSSR count). The molecule has 0 aliphatic carbocycles. The average Bonchev–Trinajstić information content (AvgIpc) is 2.79. The highest BCUT2D eigenvalue weighted by Gasteiger charge is 2.31. The van der Waals surface area contributed by atoms with Crippen LogP contribution in [0.4, 0.5) is 5.82 Å². The minimum atomic E-state index is -0.124. The van der Waals surface area contributed by atoms with Crippen LogP contribution in [0.2, 0.25) is 0 Å². The molecule has 1 aromatic rings. The molecule has 92 valence electrons. The van der Waals surface area contributed by atoms with Crippen LogP contribution < -0.4 is 10.9 Å². The first-order chi connectivity index (χ1) is 8.33. The van der Waals surface area contributed by atoms with E-state index in [0.29, 0.717) is 17.9 Å². The van der Waals surface area contributed by atoms with Crippen LogP contribution in [0.5, 0.6) is 0 Å². The molecule has 5 nitrogen and oxygen atoms in total. The number of nitrogens with one attached hydrogen (secondary N) is 2. The standard InChI is InChI=1S/C12H18N4O/c17-12-11(13-4-5-14-12)15-9-3-7-16-6-1-2-10(16)8-9/h4-5,9-10H,1-3,6-8H2,(H,13,15)(H,14,17). The van der Waals surface area contributed by atoms with Crippen LogP contribution >= 0.6 is 0 Å². The molecular weight excluding hydrogens is 216 g/mol. The first kappa shape index (κ1) is 10.8. The topological polar surface area (TPSA) is 61.0 Å². The molecule has 5 heteroatoms. The Morgan fingerprint density at radius 3 is 3.24 bits per heavy atom. The van der Waals surface area contributed by atoms with E-state index in [9.17, 15) is 4.79 Å². The third-order valence-corrected chi connectivity index (χ3v) is 3.87. The molecule has 17 heavy (non-hydrogen) atoms. The number of rotatable bonds is 2. The highest BCUT2D eigenvalue weighted by Crippen LogP contribution is 2.27. The average molecular weight is 234 g/mol. The number of nitrogens with zero attached hydrogens (tertiary/aromatic N) is 2. The number of aromatic nitrogens is 2. The van der Waals surface area contributed by atoms with Crippen LogP contribution in [-0.4, -0.2) is 40.0 Å². The Kier molecular flexibility index (Phi) is 2.84. The van der Waals surface area contributed by atoms with Crippen molar-refractivity contribution < 1.29 is 0 Å². The van der Waals surface area contributed by atoms with Gasteiger partial charge in [-0.1, -0.05) is 0 Å². The first-order valence-electron chi connectivity index (χ1n) is 6.37. The molecule has 0 amide bonds.